The molecule has 2 aromatic carbocycles. The number of rotatable bonds is 5. The number of nitrogens with zero attached hydrogens (tertiary/aromatic N) is 3. The third-order valence-electron chi connectivity index (χ3n) is 5.81. The summed E-state index contributed by atoms with van der Waals surface area (Å²) in [5.41, 5.74) is 16.5. The Bertz CT molecular complexity index is 1330. The van der Waals surface area contributed by atoms with Crippen LogP contribution in [0.3, 0.4) is 0 Å². The Morgan fingerprint density at radius 3 is 2.84 bits per heavy atom. The fourth-order valence-corrected chi connectivity index (χ4v) is 4.13. The Morgan fingerprint density at radius 1 is 1.34 bits per heavy atom. The van der Waals surface area contributed by atoms with Gasteiger partial charge in [-0.05, 0) is 29.7 Å². The minimum Gasteiger partial charge on any atom is -0.404 e. The molecular formula is C24H24N6O2. The summed E-state index contributed by atoms with van der Waals surface area (Å²) in [5.74, 6) is 0.294. The molecule has 4 rings (SSSR count). The van der Waals surface area contributed by atoms with Crippen LogP contribution in [0.4, 0.5) is 5.69 Å². The van der Waals surface area contributed by atoms with Crippen molar-refractivity contribution in [3.8, 4) is 0 Å². The Morgan fingerprint density at radius 2 is 2.19 bits per heavy atom. The third-order valence-corrected chi connectivity index (χ3v) is 5.81. The maximum atomic E-state index is 12.2. The van der Waals surface area contributed by atoms with Crippen molar-refractivity contribution in [3.63, 3.8) is 0 Å². The Kier molecular flexibility index (Phi) is 6.12. The van der Waals surface area contributed by atoms with Crippen molar-refractivity contribution in [2.75, 3.05) is 20.3 Å². The number of benzene rings is 2. The molecule has 5 N–H and O–H groups in total. The number of ether oxygens (including phenoxy) is 1. The van der Waals surface area contributed by atoms with E-state index in [1.165, 1.54) is 6.20 Å². The van der Waals surface area contributed by atoms with Crippen molar-refractivity contribution in [2.24, 2.45) is 16.5 Å². The molecule has 32 heavy (non-hydrogen) atoms. The Labute approximate surface area is 185 Å². The van der Waals surface area contributed by atoms with Gasteiger partial charge in [0, 0.05) is 48.8 Å². The molecule has 3 aromatic rings. The van der Waals surface area contributed by atoms with E-state index in [1.807, 2.05) is 30.3 Å². The molecule has 0 spiro atoms. The molecule has 0 radical (unpaired) electrons. The van der Waals surface area contributed by atoms with Crippen molar-refractivity contribution in [3.05, 3.63) is 86.8 Å². The van der Waals surface area contributed by atoms with Crippen LogP contribution in [0.2, 0.25) is 0 Å². The molecule has 8 heteroatoms. The van der Waals surface area contributed by atoms with Gasteiger partial charge >= 0.3 is 0 Å². The zero-order valence-electron chi connectivity index (χ0n) is 17.8. The van der Waals surface area contributed by atoms with Gasteiger partial charge in [-0.15, -0.1) is 0 Å². The monoisotopic (exact) mass is 428 g/mol. The fraction of sp³-hybridized carbons (Fsp3) is 0.250. The zero-order valence-corrected chi connectivity index (χ0v) is 17.8. The molecule has 2 heterocycles. The number of nitrogens with two attached hydrogens (primary N) is 2. The summed E-state index contributed by atoms with van der Waals surface area (Å²) in [6.07, 6.45) is 2.42. The second-order valence-corrected chi connectivity index (χ2v) is 7.57. The van der Waals surface area contributed by atoms with Gasteiger partial charge in [0.15, 0.2) is 5.69 Å². The summed E-state index contributed by atoms with van der Waals surface area (Å²) < 4.78 is 5.54. The van der Waals surface area contributed by atoms with E-state index in [4.69, 9.17) is 22.8 Å². The van der Waals surface area contributed by atoms with Crippen LogP contribution in [0.25, 0.3) is 21.2 Å². The minimum atomic E-state index is -0.284. The molecule has 8 nitrogen and oxygen atoms in total. The number of nitrogens with one attached hydrogen (secondary N) is 1. The summed E-state index contributed by atoms with van der Waals surface area (Å²) in [5, 5.41) is 7.69. The number of H-pyrrole nitrogens is 1. The third kappa shape index (κ3) is 3.80. The number of aliphatic imine (C=N–C) groups is 1. The molecule has 0 amide bonds. The fourth-order valence-electron chi connectivity index (χ4n) is 4.13. The van der Waals surface area contributed by atoms with Crippen LogP contribution in [0.15, 0.2) is 52.4 Å². The van der Waals surface area contributed by atoms with Gasteiger partial charge in [-0.25, -0.2) is 9.94 Å². The van der Waals surface area contributed by atoms with E-state index in [0.29, 0.717) is 51.5 Å². The molecule has 1 aliphatic rings. The predicted octanol–water partition coefficient (Wildman–Crippen LogP) is 2.86. The van der Waals surface area contributed by atoms with Gasteiger partial charge in [-0.3, -0.25) is 9.79 Å². The smallest absolute Gasteiger partial charge is 0.272 e. The normalized spacial score (nSPS) is 17.0. The Hall–Kier alpha value is -3.80. The van der Waals surface area contributed by atoms with E-state index in [-0.39, 0.29) is 12.1 Å². The highest BCUT2D eigenvalue weighted by Gasteiger charge is 2.22. The van der Waals surface area contributed by atoms with Gasteiger partial charge in [0.1, 0.15) is 0 Å². The van der Waals surface area contributed by atoms with Crippen LogP contribution in [-0.4, -0.2) is 36.2 Å². The number of allylic oxidation sites excluding steroid dienone is 1. The van der Waals surface area contributed by atoms with E-state index in [9.17, 15) is 4.79 Å². The molecule has 1 atom stereocenters. The molecular weight excluding hydrogens is 404 g/mol. The zero-order chi connectivity index (χ0) is 22.7. The molecule has 1 fully saturated rings. The number of hydrogen-bond acceptors (Lipinski definition) is 6. The van der Waals surface area contributed by atoms with E-state index >= 15 is 0 Å². The molecule has 0 aliphatic carbocycles. The summed E-state index contributed by atoms with van der Waals surface area (Å²) in [4.78, 5) is 20.4. The van der Waals surface area contributed by atoms with E-state index in [2.05, 4.69) is 20.0 Å². The van der Waals surface area contributed by atoms with Crippen molar-refractivity contribution in [1.82, 2.24) is 10.2 Å². The first kappa shape index (κ1) is 21.4. The van der Waals surface area contributed by atoms with Gasteiger partial charge in [-0.2, -0.15) is 5.10 Å². The van der Waals surface area contributed by atoms with Gasteiger partial charge in [0.25, 0.3) is 5.56 Å². The number of aromatic amines is 1. The second kappa shape index (κ2) is 9.14. The summed E-state index contributed by atoms with van der Waals surface area (Å²) in [6, 6.07) is 11.2. The second-order valence-electron chi connectivity index (χ2n) is 7.57. The van der Waals surface area contributed by atoms with Crippen molar-refractivity contribution in [1.29, 1.82) is 0 Å². The van der Waals surface area contributed by atoms with E-state index in [0.717, 1.165) is 24.2 Å². The van der Waals surface area contributed by atoms with Gasteiger partial charge < -0.3 is 16.2 Å². The lowest BCUT2D eigenvalue weighted by Crippen LogP contribution is -2.14. The molecule has 162 valence electrons. The first-order valence-corrected chi connectivity index (χ1v) is 10.3. The SMILES string of the molecule is [C-]#[N+]c1ccc(C2CCOC2)cc1C(=NC)/C(=C\N)c1ccc2c(=O)[nH]nc(CN)c2c1. The van der Waals surface area contributed by atoms with Crippen LogP contribution in [0, 0.1) is 6.57 Å². The average Bonchev–Trinajstić information content (AvgIpc) is 3.37. The van der Waals surface area contributed by atoms with Gasteiger partial charge in [0.05, 0.1) is 30.0 Å². The lowest BCUT2D eigenvalue weighted by atomic mass is 9.90. The van der Waals surface area contributed by atoms with Gasteiger partial charge in [0.2, 0.25) is 0 Å². The molecule has 0 saturated carbocycles. The molecule has 1 aromatic heterocycles. The first-order chi connectivity index (χ1) is 15.6. The highest BCUT2D eigenvalue weighted by atomic mass is 16.5. The number of aromatic nitrogens is 2. The van der Waals surface area contributed by atoms with Crippen LogP contribution in [0.5, 0.6) is 0 Å². The summed E-state index contributed by atoms with van der Waals surface area (Å²) in [6.45, 7) is 9.24. The van der Waals surface area contributed by atoms with Crippen molar-refractivity contribution in [2.45, 2.75) is 18.9 Å². The summed E-state index contributed by atoms with van der Waals surface area (Å²) >= 11 is 0. The largest absolute Gasteiger partial charge is 0.404 e. The Balaban J connectivity index is 1.85. The number of hydrogen-bond donors (Lipinski definition) is 3. The topological polar surface area (TPSA) is 124 Å². The van der Waals surface area contributed by atoms with E-state index < -0.39 is 0 Å². The maximum absolute atomic E-state index is 12.2. The summed E-state index contributed by atoms with van der Waals surface area (Å²) in [7, 11) is 1.68. The molecule has 1 unspecified atom stereocenters. The van der Waals surface area contributed by atoms with Crippen LogP contribution >= 0.6 is 0 Å². The van der Waals surface area contributed by atoms with Crippen LogP contribution in [-0.2, 0) is 11.3 Å². The van der Waals surface area contributed by atoms with Gasteiger partial charge in [-0.1, -0.05) is 24.3 Å². The van der Waals surface area contributed by atoms with Crippen LogP contribution < -0.4 is 17.0 Å². The maximum Gasteiger partial charge on any atom is 0.272 e. The standard InChI is InChI=1S/C24H24N6O2/c1-27-21-6-4-14(16-7-8-32-13-16)9-19(21)23(28-2)20(11-25)15-3-5-17-18(10-15)22(12-26)29-30-24(17)31/h3-6,9-11,16H,7-8,12-13,25-26H2,2H3,(H,30,31)/b20-11-,28-23?. The molecule has 0 bridgehead atoms. The first-order valence-electron chi connectivity index (χ1n) is 10.3. The predicted molar refractivity (Wildman–Crippen MR) is 126 cm³/mol. The lowest BCUT2D eigenvalue weighted by Gasteiger charge is -2.16. The lowest BCUT2D eigenvalue weighted by molar-refractivity contribution is 0.194. The van der Waals surface area contributed by atoms with Crippen molar-refractivity contribution >= 4 is 27.7 Å². The number of fused-ring (bicyclic) bond motifs is 1. The highest BCUT2D eigenvalue weighted by molar-refractivity contribution is 6.33. The van der Waals surface area contributed by atoms with Crippen molar-refractivity contribution < 1.29 is 4.74 Å². The van der Waals surface area contributed by atoms with Crippen LogP contribution in [0.1, 0.15) is 34.7 Å². The average molecular weight is 428 g/mol. The quantitative estimate of drug-likeness (QED) is 0.426. The molecule has 1 aliphatic heterocycles. The minimum absolute atomic E-state index is 0.181. The highest BCUT2D eigenvalue weighted by Crippen LogP contribution is 2.33. The molecule has 1 saturated heterocycles. The van der Waals surface area contributed by atoms with E-state index in [1.54, 1.807) is 13.1 Å².